The van der Waals surface area contributed by atoms with Crippen molar-refractivity contribution in [1.82, 2.24) is 9.80 Å². The van der Waals surface area contributed by atoms with Crippen molar-refractivity contribution in [3.8, 4) is 0 Å². The zero-order valence-electron chi connectivity index (χ0n) is 20.7. The molecule has 1 N–H and O–H groups in total. The number of hydrogen-bond donors (Lipinski definition) is 1. The van der Waals surface area contributed by atoms with Crippen LogP contribution >= 0.6 is 15.6 Å². The Morgan fingerprint density at radius 2 is 1.19 bits per heavy atom. The quantitative estimate of drug-likeness (QED) is 0.271. The van der Waals surface area contributed by atoms with Gasteiger partial charge < -0.3 is 42.8 Å². The van der Waals surface area contributed by atoms with Crippen LogP contribution < -0.4 is 9.79 Å². The fraction of sp³-hybridized carbons (Fsp3) is 1.00. The summed E-state index contributed by atoms with van der Waals surface area (Å²) in [5.41, 5.74) is 0. The lowest BCUT2D eigenvalue weighted by atomic mass is 10.1. The highest BCUT2D eigenvalue weighted by molar-refractivity contribution is 7.46. The first-order valence-electron chi connectivity index (χ1n) is 11.1. The molecule has 0 aliphatic carbocycles. The average molecular weight is 507 g/mol. The number of rotatable bonds is 18. The molecule has 0 amide bonds. The number of hydrogen-bond acceptors (Lipinski definition) is 11. The van der Waals surface area contributed by atoms with Crippen LogP contribution in [0.3, 0.4) is 0 Å². The Bertz CT molecular complexity index is 497. The molecule has 4 atom stereocenters. The summed E-state index contributed by atoms with van der Waals surface area (Å²) in [5, 5.41) is 9.12. The summed E-state index contributed by atoms with van der Waals surface area (Å²) in [5.74, 6) is 0.226. The number of aliphatic hydroxyl groups is 1. The van der Waals surface area contributed by atoms with E-state index >= 15 is 0 Å². The summed E-state index contributed by atoms with van der Waals surface area (Å²) >= 11 is 0. The minimum absolute atomic E-state index is 0.0628. The SMILES string of the molecule is CCC(C)COP(=O)([O-])OCCN(C)CC.CCC(O)COP(=O)([O-])OCCN(C)CC. The van der Waals surface area contributed by atoms with Crippen molar-refractivity contribution in [3.05, 3.63) is 0 Å². The van der Waals surface area contributed by atoms with E-state index < -0.39 is 21.7 Å². The first-order chi connectivity index (χ1) is 14.8. The molecule has 0 fully saturated rings. The molecule has 0 aromatic heterocycles. The van der Waals surface area contributed by atoms with Gasteiger partial charge in [-0.05, 0) is 39.5 Å². The second kappa shape index (κ2) is 19.4. The van der Waals surface area contributed by atoms with Crippen LogP contribution in [0.5, 0.6) is 0 Å². The minimum atomic E-state index is -4.26. The maximum atomic E-state index is 11.3. The topological polar surface area (TPSA) is 144 Å². The molecule has 0 radical (unpaired) electrons. The minimum Gasteiger partial charge on any atom is -0.756 e. The van der Waals surface area contributed by atoms with E-state index in [0.717, 1.165) is 19.5 Å². The molecule has 196 valence electrons. The molecule has 4 unspecified atom stereocenters. The van der Waals surface area contributed by atoms with Crippen molar-refractivity contribution in [3.63, 3.8) is 0 Å². The second-order valence-corrected chi connectivity index (χ2v) is 10.3. The largest absolute Gasteiger partial charge is 0.756 e. The Labute approximate surface area is 194 Å². The van der Waals surface area contributed by atoms with Crippen LogP contribution in [0.2, 0.25) is 0 Å². The van der Waals surface area contributed by atoms with Crippen LogP contribution in [0.1, 0.15) is 47.5 Å². The molecule has 0 saturated heterocycles. The Morgan fingerprint density at radius 1 is 0.781 bits per heavy atom. The molecule has 32 heavy (non-hydrogen) atoms. The van der Waals surface area contributed by atoms with E-state index in [1.54, 1.807) is 6.92 Å². The van der Waals surface area contributed by atoms with E-state index in [2.05, 4.69) is 9.05 Å². The Morgan fingerprint density at radius 3 is 1.53 bits per heavy atom. The zero-order valence-corrected chi connectivity index (χ0v) is 22.5. The smallest absolute Gasteiger partial charge is 0.268 e. The molecule has 0 aliphatic rings. The molecule has 0 aliphatic heterocycles. The van der Waals surface area contributed by atoms with Crippen molar-refractivity contribution in [2.45, 2.75) is 53.6 Å². The summed E-state index contributed by atoms with van der Waals surface area (Å²) in [4.78, 5) is 26.3. The summed E-state index contributed by atoms with van der Waals surface area (Å²) in [6.45, 7) is 12.5. The molecule has 0 aromatic carbocycles. The van der Waals surface area contributed by atoms with Gasteiger partial charge in [0.15, 0.2) is 0 Å². The first kappa shape index (κ1) is 34.3. The molecule has 0 bridgehead atoms. The van der Waals surface area contributed by atoms with Gasteiger partial charge in [-0.1, -0.05) is 41.0 Å². The van der Waals surface area contributed by atoms with Gasteiger partial charge in [0.05, 0.1) is 32.5 Å². The van der Waals surface area contributed by atoms with Crippen LogP contribution in [0.4, 0.5) is 0 Å². The third-order valence-electron chi connectivity index (χ3n) is 4.63. The van der Waals surface area contributed by atoms with Crippen molar-refractivity contribution in [2.24, 2.45) is 5.92 Å². The monoisotopic (exact) mass is 506 g/mol. The summed E-state index contributed by atoms with van der Waals surface area (Å²) in [7, 11) is -4.60. The van der Waals surface area contributed by atoms with Gasteiger partial charge in [-0.25, -0.2) is 0 Å². The lowest BCUT2D eigenvalue weighted by Gasteiger charge is -2.25. The molecular formula is C19H44N2O9P2-2. The van der Waals surface area contributed by atoms with Gasteiger partial charge >= 0.3 is 0 Å². The number of aliphatic hydroxyl groups excluding tert-OH is 1. The number of phosphoric ester groups is 2. The van der Waals surface area contributed by atoms with Crippen molar-refractivity contribution in [2.75, 3.05) is 66.7 Å². The molecule has 0 rings (SSSR count). The van der Waals surface area contributed by atoms with E-state index in [4.69, 9.17) is 14.2 Å². The molecule has 0 saturated carbocycles. The highest BCUT2D eigenvalue weighted by Crippen LogP contribution is 2.39. The normalized spacial score (nSPS) is 17.4. The van der Waals surface area contributed by atoms with Crippen LogP contribution in [-0.2, 0) is 27.2 Å². The van der Waals surface area contributed by atoms with E-state index in [1.165, 1.54) is 0 Å². The molecular weight excluding hydrogens is 462 g/mol. The Hall–Kier alpha value is 0.1000. The van der Waals surface area contributed by atoms with Gasteiger partial charge in [-0.15, -0.1) is 0 Å². The number of phosphoric acid groups is 2. The van der Waals surface area contributed by atoms with Crippen molar-refractivity contribution >= 4 is 15.6 Å². The zero-order chi connectivity index (χ0) is 25.2. The van der Waals surface area contributed by atoms with Crippen LogP contribution in [0.15, 0.2) is 0 Å². The van der Waals surface area contributed by atoms with Crippen molar-refractivity contribution in [1.29, 1.82) is 0 Å². The third kappa shape index (κ3) is 21.9. The van der Waals surface area contributed by atoms with Crippen LogP contribution in [0, 0.1) is 5.92 Å². The molecule has 0 spiro atoms. The Kier molecular flexibility index (Phi) is 20.8. The lowest BCUT2D eigenvalue weighted by molar-refractivity contribution is -0.228. The Balaban J connectivity index is 0. The predicted octanol–water partition coefficient (Wildman–Crippen LogP) is 1.70. The number of nitrogens with zero attached hydrogens (tertiary/aromatic N) is 2. The lowest BCUT2D eigenvalue weighted by Crippen LogP contribution is -2.24. The fourth-order valence-corrected chi connectivity index (χ4v) is 3.19. The van der Waals surface area contributed by atoms with Crippen molar-refractivity contribution < 1.29 is 42.1 Å². The maximum Gasteiger partial charge on any atom is 0.268 e. The summed E-state index contributed by atoms with van der Waals surface area (Å²) < 4.78 is 41.1. The van der Waals surface area contributed by atoms with Crippen LogP contribution in [-0.4, -0.2) is 87.7 Å². The molecule has 11 nitrogen and oxygen atoms in total. The van der Waals surface area contributed by atoms with Gasteiger partial charge in [-0.2, -0.15) is 0 Å². The van der Waals surface area contributed by atoms with E-state index in [9.17, 15) is 18.9 Å². The maximum absolute atomic E-state index is 11.3. The average Bonchev–Trinajstić information content (AvgIpc) is 2.75. The van der Waals surface area contributed by atoms with Gasteiger partial charge in [0.1, 0.15) is 0 Å². The van der Waals surface area contributed by atoms with Gasteiger partial charge in [-0.3, -0.25) is 9.13 Å². The summed E-state index contributed by atoms with van der Waals surface area (Å²) in [6.07, 6.45) is 0.557. The fourth-order valence-electron chi connectivity index (χ4n) is 1.64. The number of likely N-dealkylation sites (N-methyl/N-ethyl adjacent to an activating group) is 2. The predicted molar refractivity (Wildman–Crippen MR) is 121 cm³/mol. The van der Waals surface area contributed by atoms with E-state index in [-0.39, 0.29) is 32.3 Å². The standard InChI is InChI=1S/C10H24NO4P.C9H22NO5P/c1-5-10(3)9-15-16(12,13)14-8-7-11(4)6-2;1-4-9(11)8-15-16(12,13)14-7-6-10(3)5-2/h10H,5-9H2,1-4H3,(H,12,13);9,11H,4-8H2,1-3H3,(H,12,13)/p-2. The van der Waals surface area contributed by atoms with Gasteiger partial charge in [0.2, 0.25) is 0 Å². The first-order valence-corrected chi connectivity index (χ1v) is 14.0. The molecule has 0 heterocycles. The highest BCUT2D eigenvalue weighted by atomic mass is 31.2. The van der Waals surface area contributed by atoms with Gasteiger partial charge in [0, 0.05) is 13.1 Å². The third-order valence-corrected chi connectivity index (χ3v) is 6.56. The van der Waals surface area contributed by atoms with E-state index in [0.29, 0.717) is 19.5 Å². The highest BCUT2D eigenvalue weighted by Gasteiger charge is 2.13. The van der Waals surface area contributed by atoms with Crippen LogP contribution in [0.25, 0.3) is 0 Å². The molecule has 0 aromatic rings. The molecule has 13 heteroatoms. The summed E-state index contributed by atoms with van der Waals surface area (Å²) in [6, 6.07) is 0. The van der Waals surface area contributed by atoms with E-state index in [1.807, 2.05) is 51.6 Å². The second-order valence-electron chi connectivity index (χ2n) is 7.52. The van der Waals surface area contributed by atoms with Gasteiger partial charge in [0.25, 0.3) is 15.6 Å².